The normalized spacial score (nSPS) is 14.1. The fraction of sp³-hybridized carbons (Fsp3) is 0.333. The van der Waals surface area contributed by atoms with Gasteiger partial charge in [0.05, 0.1) is 19.1 Å². The number of ether oxygens (including phenoxy) is 3. The van der Waals surface area contributed by atoms with Crippen molar-refractivity contribution < 1.29 is 32.2 Å². The van der Waals surface area contributed by atoms with Gasteiger partial charge in [-0.05, 0) is 49.2 Å². The van der Waals surface area contributed by atoms with E-state index < -0.39 is 28.5 Å². The highest BCUT2D eigenvalue weighted by molar-refractivity contribution is 7.89. The zero-order chi connectivity index (χ0) is 22.4. The van der Waals surface area contributed by atoms with Crippen LogP contribution >= 0.6 is 0 Å². The molecule has 0 spiro atoms. The molecule has 3 rings (SSSR count). The van der Waals surface area contributed by atoms with Crippen LogP contribution in [0.25, 0.3) is 0 Å². The Kier molecular flexibility index (Phi) is 7.13. The average Bonchev–Trinajstić information content (AvgIpc) is 3.33. The number of methoxy groups -OCH3 is 2. The lowest BCUT2D eigenvalue weighted by atomic mass is 10.2. The molecule has 1 aliphatic heterocycles. The Hall–Kier alpha value is -3.11. The first-order chi connectivity index (χ1) is 14.9. The Morgan fingerprint density at radius 1 is 1.00 bits per heavy atom. The van der Waals surface area contributed by atoms with Gasteiger partial charge in [0, 0.05) is 18.8 Å². The number of nitrogens with zero attached hydrogens (tertiary/aromatic N) is 1. The van der Waals surface area contributed by atoms with Crippen LogP contribution in [0.5, 0.6) is 11.5 Å². The number of hydrogen-bond donors (Lipinski definition) is 1. The van der Waals surface area contributed by atoms with E-state index in [1.807, 2.05) is 0 Å². The van der Waals surface area contributed by atoms with Gasteiger partial charge in [0.2, 0.25) is 10.0 Å². The minimum Gasteiger partial charge on any atom is -0.493 e. The SMILES string of the molecule is COc1cccc(C(=O)OCC(=O)Nc2ccc(S(=O)(=O)N3CCCC3)cc2)c1OC. The van der Waals surface area contributed by atoms with Gasteiger partial charge in [0.15, 0.2) is 18.1 Å². The Labute approximate surface area is 181 Å². The second-order valence-corrected chi connectivity index (χ2v) is 8.74. The Morgan fingerprint density at radius 2 is 1.68 bits per heavy atom. The van der Waals surface area contributed by atoms with Gasteiger partial charge in [0.25, 0.3) is 5.91 Å². The summed E-state index contributed by atoms with van der Waals surface area (Å²) in [6, 6.07) is 10.6. The van der Waals surface area contributed by atoms with Crippen LogP contribution in [0.15, 0.2) is 47.4 Å². The van der Waals surface area contributed by atoms with E-state index >= 15 is 0 Å². The van der Waals surface area contributed by atoms with E-state index in [1.54, 1.807) is 12.1 Å². The van der Waals surface area contributed by atoms with Gasteiger partial charge in [-0.25, -0.2) is 13.2 Å². The lowest BCUT2D eigenvalue weighted by Crippen LogP contribution is -2.27. The van der Waals surface area contributed by atoms with Crippen molar-refractivity contribution in [2.75, 3.05) is 39.2 Å². The first-order valence-corrected chi connectivity index (χ1v) is 11.1. The van der Waals surface area contributed by atoms with Gasteiger partial charge < -0.3 is 19.5 Å². The molecule has 0 radical (unpaired) electrons. The predicted molar refractivity (Wildman–Crippen MR) is 113 cm³/mol. The summed E-state index contributed by atoms with van der Waals surface area (Å²) < 4.78 is 41.9. The molecule has 2 aromatic rings. The van der Waals surface area contributed by atoms with Crippen LogP contribution in [0.2, 0.25) is 0 Å². The van der Waals surface area contributed by atoms with E-state index in [9.17, 15) is 18.0 Å². The van der Waals surface area contributed by atoms with Crippen LogP contribution in [0.4, 0.5) is 5.69 Å². The number of benzene rings is 2. The Morgan fingerprint density at radius 3 is 2.29 bits per heavy atom. The maximum atomic E-state index is 12.5. The Balaban J connectivity index is 1.58. The molecule has 1 saturated heterocycles. The van der Waals surface area contributed by atoms with Crippen molar-refractivity contribution in [3.8, 4) is 11.5 Å². The number of anilines is 1. The van der Waals surface area contributed by atoms with Crippen LogP contribution in [-0.2, 0) is 19.6 Å². The van der Waals surface area contributed by atoms with E-state index in [0.29, 0.717) is 24.5 Å². The second-order valence-electron chi connectivity index (χ2n) is 6.80. The summed E-state index contributed by atoms with van der Waals surface area (Å²) in [7, 11) is -0.675. The zero-order valence-electron chi connectivity index (χ0n) is 17.3. The van der Waals surface area contributed by atoms with E-state index in [2.05, 4.69) is 5.32 Å². The highest BCUT2D eigenvalue weighted by Gasteiger charge is 2.27. The molecule has 1 amide bonds. The molecule has 0 bridgehead atoms. The molecule has 0 unspecified atom stereocenters. The summed E-state index contributed by atoms with van der Waals surface area (Å²) in [6.07, 6.45) is 1.71. The molecule has 1 aliphatic rings. The summed E-state index contributed by atoms with van der Waals surface area (Å²) in [5.41, 5.74) is 0.520. The van der Waals surface area contributed by atoms with Gasteiger partial charge in [-0.15, -0.1) is 0 Å². The van der Waals surface area contributed by atoms with Crippen LogP contribution in [0.3, 0.4) is 0 Å². The molecule has 0 saturated carbocycles. The molecule has 166 valence electrons. The van der Waals surface area contributed by atoms with Crippen molar-refractivity contribution in [2.24, 2.45) is 0 Å². The maximum absolute atomic E-state index is 12.5. The van der Waals surface area contributed by atoms with Crippen LogP contribution in [-0.4, -0.2) is 58.5 Å². The van der Waals surface area contributed by atoms with Crippen molar-refractivity contribution in [1.29, 1.82) is 0 Å². The predicted octanol–water partition coefficient (Wildman–Crippen LogP) is 2.28. The first kappa shape index (κ1) is 22.6. The average molecular weight is 448 g/mol. The number of hydrogen-bond acceptors (Lipinski definition) is 7. The number of para-hydroxylation sites is 1. The van der Waals surface area contributed by atoms with E-state index in [4.69, 9.17) is 14.2 Å². The molecule has 31 heavy (non-hydrogen) atoms. The van der Waals surface area contributed by atoms with Gasteiger partial charge in [-0.2, -0.15) is 4.31 Å². The monoisotopic (exact) mass is 448 g/mol. The molecule has 1 fully saturated rings. The third-order valence-corrected chi connectivity index (χ3v) is 6.71. The third-order valence-electron chi connectivity index (χ3n) is 4.80. The number of esters is 1. The van der Waals surface area contributed by atoms with Crippen molar-refractivity contribution in [3.63, 3.8) is 0 Å². The molecular formula is C21H24N2O7S. The van der Waals surface area contributed by atoms with Crippen molar-refractivity contribution in [1.82, 2.24) is 4.31 Å². The first-order valence-electron chi connectivity index (χ1n) is 9.65. The lowest BCUT2D eigenvalue weighted by molar-refractivity contribution is -0.119. The molecule has 10 heteroatoms. The number of carbonyl (C=O) groups is 2. The maximum Gasteiger partial charge on any atom is 0.342 e. The topological polar surface area (TPSA) is 111 Å². The zero-order valence-corrected chi connectivity index (χ0v) is 18.1. The largest absolute Gasteiger partial charge is 0.493 e. The molecule has 9 nitrogen and oxygen atoms in total. The van der Waals surface area contributed by atoms with Gasteiger partial charge in [0.1, 0.15) is 5.56 Å². The summed E-state index contributed by atoms with van der Waals surface area (Å²) in [6.45, 7) is 0.515. The molecule has 2 aromatic carbocycles. The van der Waals surface area contributed by atoms with E-state index in [0.717, 1.165) is 12.8 Å². The molecule has 0 aromatic heterocycles. The molecule has 1 heterocycles. The smallest absolute Gasteiger partial charge is 0.342 e. The standard InChI is InChI=1S/C21H24N2O7S/c1-28-18-7-5-6-17(20(18)29-2)21(25)30-14-19(24)22-15-8-10-16(11-9-15)31(26,27)23-12-3-4-13-23/h5-11H,3-4,12-14H2,1-2H3,(H,22,24). The van der Waals surface area contributed by atoms with Gasteiger partial charge in [-0.3, -0.25) is 4.79 Å². The molecular weight excluding hydrogens is 424 g/mol. The van der Waals surface area contributed by atoms with E-state index in [1.165, 1.54) is 48.9 Å². The fourth-order valence-corrected chi connectivity index (χ4v) is 4.76. The van der Waals surface area contributed by atoms with E-state index in [-0.39, 0.29) is 16.2 Å². The highest BCUT2D eigenvalue weighted by Crippen LogP contribution is 2.31. The molecule has 0 atom stereocenters. The fourth-order valence-electron chi connectivity index (χ4n) is 3.24. The summed E-state index contributed by atoms with van der Waals surface area (Å²) in [5.74, 6) is -0.723. The molecule has 0 aliphatic carbocycles. The number of rotatable bonds is 8. The van der Waals surface area contributed by atoms with Crippen LogP contribution in [0.1, 0.15) is 23.2 Å². The van der Waals surface area contributed by atoms with Crippen molar-refractivity contribution in [3.05, 3.63) is 48.0 Å². The molecule has 1 N–H and O–H groups in total. The quantitative estimate of drug-likeness (QED) is 0.617. The van der Waals surface area contributed by atoms with Gasteiger partial charge in [-0.1, -0.05) is 6.07 Å². The van der Waals surface area contributed by atoms with Crippen LogP contribution in [0, 0.1) is 0 Å². The summed E-state index contributed by atoms with van der Waals surface area (Å²) in [4.78, 5) is 24.6. The lowest BCUT2D eigenvalue weighted by Gasteiger charge is -2.15. The summed E-state index contributed by atoms with van der Waals surface area (Å²) >= 11 is 0. The highest BCUT2D eigenvalue weighted by atomic mass is 32.2. The van der Waals surface area contributed by atoms with Crippen LogP contribution < -0.4 is 14.8 Å². The second kappa shape index (κ2) is 9.80. The minimum atomic E-state index is -3.52. The number of amides is 1. The third kappa shape index (κ3) is 5.15. The number of carbonyl (C=O) groups excluding carboxylic acids is 2. The van der Waals surface area contributed by atoms with Gasteiger partial charge >= 0.3 is 5.97 Å². The minimum absolute atomic E-state index is 0.131. The summed E-state index contributed by atoms with van der Waals surface area (Å²) in [5, 5.41) is 2.57. The number of nitrogens with one attached hydrogen (secondary N) is 1. The Bertz CT molecular complexity index is 1050. The van der Waals surface area contributed by atoms with Crippen molar-refractivity contribution in [2.45, 2.75) is 17.7 Å². The van der Waals surface area contributed by atoms with Crippen molar-refractivity contribution >= 4 is 27.6 Å². The number of sulfonamides is 1.